The van der Waals surface area contributed by atoms with Crippen LogP contribution in [0.1, 0.15) is 5.56 Å². The van der Waals surface area contributed by atoms with E-state index in [1.807, 2.05) is 6.07 Å². The summed E-state index contributed by atoms with van der Waals surface area (Å²) >= 11 is 0. The van der Waals surface area contributed by atoms with E-state index in [0.717, 1.165) is 5.56 Å². The minimum Gasteiger partial charge on any atom is -0.856 e. The van der Waals surface area contributed by atoms with Gasteiger partial charge in [0.1, 0.15) is 6.04 Å². The standard InChI is InChI=1S/C17H18N6O4/c1-22-9-23(14-13(22)15(25)21-17(18)20-14)8-12(24)19-11(16(26)27)7-10-5-3-2-4-6-10/h2-6,9,11H,7-8H2,1H3,(H4-,18,19,20,21,24,25,26,27)/t11-/m0/s1. The van der Waals surface area contributed by atoms with Crippen LogP contribution >= 0.6 is 0 Å². The van der Waals surface area contributed by atoms with Gasteiger partial charge in [-0.2, -0.15) is 0 Å². The summed E-state index contributed by atoms with van der Waals surface area (Å²) in [5.41, 5.74) is 6.72. The molecular formula is C17H18N6O4. The average molecular weight is 370 g/mol. The number of amides is 1. The van der Waals surface area contributed by atoms with Gasteiger partial charge in [0.05, 0.1) is 7.05 Å². The highest BCUT2D eigenvalue weighted by atomic mass is 16.4. The second-order valence-electron chi connectivity index (χ2n) is 6.06. The summed E-state index contributed by atoms with van der Waals surface area (Å²) in [5.74, 6) is -2.41. The molecule has 0 unspecified atom stereocenters. The van der Waals surface area contributed by atoms with Crippen LogP contribution in [0.4, 0.5) is 5.95 Å². The third-order valence-corrected chi connectivity index (χ3v) is 4.02. The molecule has 2 aromatic heterocycles. The van der Waals surface area contributed by atoms with E-state index in [-0.39, 0.29) is 30.1 Å². The Labute approximate surface area is 153 Å². The maximum atomic E-state index is 12.4. The number of fused-ring (bicyclic) bond motifs is 1. The molecular weight excluding hydrogens is 352 g/mol. The van der Waals surface area contributed by atoms with Gasteiger partial charge in [-0.3, -0.25) is 9.36 Å². The van der Waals surface area contributed by atoms with Crippen molar-refractivity contribution >= 4 is 29.0 Å². The maximum Gasteiger partial charge on any atom is 0.326 e. The molecule has 0 fully saturated rings. The van der Waals surface area contributed by atoms with Crippen molar-refractivity contribution in [1.29, 1.82) is 0 Å². The summed E-state index contributed by atoms with van der Waals surface area (Å²) in [6.07, 6.45) is 1.66. The number of imidazole rings is 1. The predicted octanol–water partition coefficient (Wildman–Crippen LogP) is -1.28. The molecule has 4 N–H and O–H groups in total. The minimum atomic E-state index is -1.14. The van der Waals surface area contributed by atoms with E-state index in [1.165, 1.54) is 15.5 Å². The van der Waals surface area contributed by atoms with Gasteiger partial charge in [0.25, 0.3) is 11.9 Å². The van der Waals surface area contributed by atoms with E-state index in [1.54, 1.807) is 31.3 Å². The molecule has 27 heavy (non-hydrogen) atoms. The number of carboxylic acids is 1. The Kier molecular flexibility index (Phi) is 4.88. The highest BCUT2D eigenvalue weighted by molar-refractivity contribution is 5.83. The summed E-state index contributed by atoms with van der Waals surface area (Å²) < 4.78 is 2.91. The maximum absolute atomic E-state index is 12.4. The second kappa shape index (κ2) is 7.28. The summed E-state index contributed by atoms with van der Waals surface area (Å²) in [6.45, 7) is -0.216. The molecule has 1 atom stereocenters. The van der Waals surface area contributed by atoms with E-state index < -0.39 is 23.8 Å². The van der Waals surface area contributed by atoms with Gasteiger partial charge >= 0.3 is 11.6 Å². The first-order valence-corrected chi connectivity index (χ1v) is 8.10. The Morgan fingerprint density at radius 2 is 2.04 bits per heavy atom. The van der Waals surface area contributed by atoms with Crippen molar-refractivity contribution in [3.8, 4) is 5.88 Å². The molecule has 3 aromatic rings. The van der Waals surface area contributed by atoms with Crippen molar-refractivity contribution in [1.82, 2.24) is 19.9 Å². The molecule has 0 saturated carbocycles. The fourth-order valence-corrected chi connectivity index (χ4v) is 2.83. The molecule has 3 rings (SSSR count). The quantitative estimate of drug-likeness (QED) is 0.457. The number of carbonyl (C=O) groups excluding carboxylic acids is 1. The number of hydrogen-bond donors (Lipinski definition) is 3. The number of rotatable bonds is 6. The number of nitrogens with one attached hydrogen (secondary N) is 1. The number of nitrogens with zero attached hydrogens (tertiary/aromatic N) is 4. The summed E-state index contributed by atoms with van der Waals surface area (Å²) in [4.78, 5) is 31.5. The van der Waals surface area contributed by atoms with E-state index in [0.29, 0.717) is 0 Å². The number of nitrogens with two attached hydrogens (primary N) is 1. The second-order valence-corrected chi connectivity index (χ2v) is 6.06. The largest absolute Gasteiger partial charge is 0.856 e. The smallest absolute Gasteiger partial charge is 0.326 e. The number of carboxylic acid groups (broad SMARTS) is 1. The zero-order valence-electron chi connectivity index (χ0n) is 14.5. The fourth-order valence-electron chi connectivity index (χ4n) is 2.83. The molecule has 0 saturated heterocycles. The molecule has 0 aliphatic carbocycles. The number of nitrogen functional groups attached to an aromatic ring is 1. The highest BCUT2D eigenvalue weighted by Gasteiger charge is 2.24. The number of benzene rings is 1. The molecule has 0 aliphatic rings. The first-order chi connectivity index (χ1) is 12.8. The molecule has 0 aliphatic heterocycles. The van der Waals surface area contributed by atoms with Crippen LogP contribution in [0.25, 0.3) is 11.2 Å². The predicted molar refractivity (Wildman–Crippen MR) is 92.3 cm³/mol. The molecule has 10 heteroatoms. The first kappa shape index (κ1) is 18.1. The van der Waals surface area contributed by atoms with E-state index in [9.17, 15) is 19.8 Å². The normalized spacial score (nSPS) is 12.0. The van der Waals surface area contributed by atoms with Crippen LogP contribution < -0.4 is 20.7 Å². The zero-order chi connectivity index (χ0) is 19.6. The number of hydrogen-bond acceptors (Lipinski definition) is 6. The van der Waals surface area contributed by atoms with Crippen LogP contribution in [0.5, 0.6) is 5.88 Å². The third kappa shape index (κ3) is 3.94. The van der Waals surface area contributed by atoms with Gasteiger partial charge in [-0.05, 0) is 5.56 Å². The number of carbonyl (C=O) groups is 2. The van der Waals surface area contributed by atoms with Crippen LogP contribution in [0, 0.1) is 0 Å². The fraction of sp³-hybridized carbons (Fsp3) is 0.235. The van der Waals surface area contributed by atoms with Gasteiger partial charge < -0.3 is 21.3 Å². The SMILES string of the molecule is Cn1c[n+](CC(=O)N[C@@H](Cc2ccccc2)C(=O)O)c2nc(N)nc([O-])c21. The Hall–Kier alpha value is -3.69. The lowest BCUT2D eigenvalue weighted by atomic mass is 10.1. The van der Waals surface area contributed by atoms with Crippen LogP contribution in [-0.4, -0.2) is 37.6 Å². The Balaban J connectivity index is 1.78. The van der Waals surface area contributed by atoms with E-state index >= 15 is 0 Å². The Bertz CT molecular complexity index is 1000. The molecule has 140 valence electrons. The van der Waals surface area contributed by atoms with Crippen molar-refractivity contribution in [2.24, 2.45) is 7.05 Å². The topological polar surface area (TPSA) is 150 Å². The van der Waals surface area contributed by atoms with Crippen molar-refractivity contribution < 1.29 is 24.4 Å². The molecule has 10 nitrogen and oxygen atoms in total. The lowest BCUT2D eigenvalue weighted by molar-refractivity contribution is -0.661. The molecule has 1 amide bonds. The molecule has 2 heterocycles. The number of aryl methyl sites for hydroxylation is 1. The van der Waals surface area contributed by atoms with E-state index in [2.05, 4.69) is 15.3 Å². The van der Waals surface area contributed by atoms with Crippen LogP contribution in [0.3, 0.4) is 0 Å². The van der Waals surface area contributed by atoms with Crippen molar-refractivity contribution in [3.63, 3.8) is 0 Å². The number of aliphatic carboxylic acids is 1. The lowest BCUT2D eigenvalue weighted by Crippen LogP contribution is -2.49. The monoisotopic (exact) mass is 370 g/mol. The molecule has 0 spiro atoms. The first-order valence-electron chi connectivity index (χ1n) is 8.10. The number of anilines is 1. The van der Waals surface area contributed by atoms with Gasteiger partial charge in [0.15, 0.2) is 18.4 Å². The summed E-state index contributed by atoms with van der Waals surface area (Å²) in [5, 5.41) is 23.8. The van der Waals surface area contributed by atoms with Gasteiger partial charge in [0, 0.05) is 12.3 Å². The third-order valence-electron chi connectivity index (χ3n) is 4.02. The lowest BCUT2D eigenvalue weighted by Gasteiger charge is -2.14. The summed E-state index contributed by atoms with van der Waals surface area (Å²) in [6, 6.07) is 7.92. The minimum absolute atomic E-state index is 0.155. The molecule has 1 aromatic carbocycles. The van der Waals surface area contributed by atoms with Crippen molar-refractivity contribution in [3.05, 3.63) is 42.2 Å². The molecule has 0 radical (unpaired) electrons. The zero-order valence-corrected chi connectivity index (χ0v) is 14.5. The van der Waals surface area contributed by atoms with Gasteiger partial charge in [-0.25, -0.2) is 14.3 Å². The summed E-state index contributed by atoms with van der Waals surface area (Å²) in [7, 11) is 1.62. The number of aromatic nitrogens is 4. The van der Waals surface area contributed by atoms with Crippen LogP contribution in [0.2, 0.25) is 0 Å². The average Bonchev–Trinajstić information content (AvgIpc) is 2.90. The highest BCUT2D eigenvalue weighted by Crippen LogP contribution is 2.16. The van der Waals surface area contributed by atoms with Crippen molar-refractivity contribution in [2.75, 3.05) is 5.73 Å². The molecule has 0 bridgehead atoms. The van der Waals surface area contributed by atoms with E-state index in [4.69, 9.17) is 5.73 Å². The van der Waals surface area contributed by atoms with Gasteiger partial charge in [-0.1, -0.05) is 35.3 Å². The Morgan fingerprint density at radius 3 is 2.70 bits per heavy atom. The van der Waals surface area contributed by atoms with Crippen molar-refractivity contribution in [2.45, 2.75) is 19.0 Å². The van der Waals surface area contributed by atoms with Crippen LogP contribution in [0.15, 0.2) is 36.7 Å². The van der Waals surface area contributed by atoms with Gasteiger partial charge in [-0.15, -0.1) is 0 Å². The van der Waals surface area contributed by atoms with Crippen LogP contribution in [-0.2, 0) is 29.6 Å². The Morgan fingerprint density at radius 1 is 1.33 bits per heavy atom. The van der Waals surface area contributed by atoms with Gasteiger partial charge in [0.2, 0.25) is 0 Å².